The van der Waals surface area contributed by atoms with Crippen LogP contribution < -0.4 is 4.80 Å². The fourth-order valence-corrected chi connectivity index (χ4v) is 4.04. The Morgan fingerprint density at radius 2 is 2.00 bits per heavy atom. The third-order valence-corrected chi connectivity index (χ3v) is 5.51. The number of hydrogen-bond acceptors (Lipinski definition) is 5. The highest BCUT2D eigenvalue weighted by Gasteiger charge is 2.11. The van der Waals surface area contributed by atoms with Gasteiger partial charge in [-0.15, -0.1) is 17.9 Å². The average molecular weight is 417 g/mol. The van der Waals surface area contributed by atoms with Gasteiger partial charge in [0, 0.05) is 45.2 Å². The van der Waals surface area contributed by atoms with E-state index < -0.39 is 4.92 Å². The van der Waals surface area contributed by atoms with Crippen molar-refractivity contribution in [2.24, 2.45) is 10.1 Å². The molecule has 0 fully saturated rings. The highest BCUT2D eigenvalue weighted by atomic mass is 32.1. The number of aromatic amines is 1. The van der Waals surface area contributed by atoms with E-state index in [0.29, 0.717) is 6.54 Å². The van der Waals surface area contributed by atoms with Crippen molar-refractivity contribution < 1.29 is 4.92 Å². The molecule has 0 radical (unpaired) electrons. The number of fused-ring (bicyclic) bond motifs is 1. The molecule has 0 atom stereocenters. The molecule has 2 heterocycles. The third-order valence-electron chi connectivity index (χ3n) is 4.66. The van der Waals surface area contributed by atoms with Crippen LogP contribution in [0.4, 0.5) is 5.69 Å². The first-order valence-corrected chi connectivity index (χ1v) is 10.1. The number of nitro benzene ring substituents is 1. The van der Waals surface area contributed by atoms with E-state index in [1.54, 1.807) is 22.9 Å². The summed E-state index contributed by atoms with van der Waals surface area (Å²) in [7, 11) is 0. The molecule has 0 aliphatic carbocycles. The SMILES string of the molecule is C=CCN=c1scc(-c2ccc([N+](=O)[O-])cc2)n1N=Cc1c(C)[nH]c2ccccc12. The molecule has 4 aromatic rings. The first-order valence-electron chi connectivity index (χ1n) is 9.27. The van der Waals surface area contributed by atoms with Crippen LogP contribution in [0, 0.1) is 17.0 Å². The summed E-state index contributed by atoms with van der Waals surface area (Å²) >= 11 is 1.46. The Balaban J connectivity index is 1.82. The topological polar surface area (TPSA) is 88.6 Å². The summed E-state index contributed by atoms with van der Waals surface area (Å²) in [5, 5.41) is 18.7. The van der Waals surface area contributed by atoms with Gasteiger partial charge in [-0.1, -0.05) is 24.3 Å². The quantitative estimate of drug-likeness (QED) is 0.210. The lowest BCUT2D eigenvalue weighted by molar-refractivity contribution is -0.384. The van der Waals surface area contributed by atoms with E-state index in [1.807, 2.05) is 36.7 Å². The van der Waals surface area contributed by atoms with Crippen LogP contribution in [-0.4, -0.2) is 27.3 Å². The minimum atomic E-state index is -0.408. The second-order valence-corrected chi connectivity index (χ2v) is 7.44. The van der Waals surface area contributed by atoms with Gasteiger partial charge in [0.05, 0.1) is 23.4 Å². The molecule has 30 heavy (non-hydrogen) atoms. The van der Waals surface area contributed by atoms with Crippen LogP contribution in [0.2, 0.25) is 0 Å². The zero-order valence-corrected chi connectivity index (χ0v) is 17.1. The Morgan fingerprint density at radius 1 is 1.23 bits per heavy atom. The number of hydrogen-bond donors (Lipinski definition) is 1. The van der Waals surface area contributed by atoms with Crippen LogP contribution in [0.15, 0.2) is 76.7 Å². The number of aromatic nitrogens is 2. The molecule has 7 nitrogen and oxygen atoms in total. The number of H-pyrrole nitrogens is 1. The van der Waals surface area contributed by atoms with E-state index in [2.05, 4.69) is 22.6 Å². The van der Waals surface area contributed by atoms with Crippen LogP contribution >= 0.6 is 11.3 Å². The van der Waals surface area contributed by atoms with Gasteiger partial charge < -0.3 is 4.98 Å². The van der Waals surface area contributed by atoms with Gasteiger partial charge in [0.2, 0.25) is 4.80 Å². The number of benzene rings is 2. The average Bonchev–Trinajstić information content (AvgIpc) is 3.30. The Kier molecular flexibility index (Phi) is 5.40. The number of rotatable bonds is 6. The zero-order valence-electron chi connectivity index (χ0n) is 16.3. The maximum Gasteiger partial charge on any atom is 0.269 e. The smallest absolute Gasteiger partial charge is 0.269 e. The normalized spacial score (nSPS) is 12.1. The number of non-ortho nitro benzene ring substituents is 1. The van der Waals surface area contributed by atoms with E-state index in [0.717, 1.165) is 38.2 Å². The molecule has 2 aromatic carbocycles. The summed E-state index contributed by atoms with van der Waals surface area (Å²) in [6, 6.07) is 14.5. The molecule has 0 bridgehead atoms. The number of nitrogens with zero attached hydrogens (tertiary/aromatic N) is 4. The molecule has 0 aliphatic rings. The van der Waals surface area contributed by atoms with Crippen molar-refractivity contribution in [3.63, 3.8) is 0 Å². The van der Waals surface area contributed by atoms with Crippen molar-refractivity contribution in [1.29, 1.82) is 0 Å². The lowest BCUT2D eigenvalue weighted by atomic mass is 10.1. The van der Waals surface area contributed by atoms with Crippen molar-refractivity contribution in [1.82, 2.24) is 9.66 Å². The number of aryl methyl sites for hydroxylation is 1. The van der Waals surface area contributed by atoms with Gasteiger partial charge >= 0.3 is 0 Å². The van der Waals surface area contributed by atoms with E-state index in [-0.39, 0.29) is 5.69 Å². The summed E-state index contributed by atoms with van der Waals surface area (Å²) in [5.41, 5.74) is 4.77. The van der Waals surface area contributed by atoms with Gasteiger partial charge in [-0.2, -0.15) is 5.10 Å². The molecule has 0 spiro atoms. The molecule has 0 saturated carbocycles. The molecule has 0 unspecified atom stereocenters. The molecule has 2 aromatic heterocycles. The molecule has 8 heteroatoms. The third kappa shape index (κ3) is 3.72. The van der Waals surface area contributed by atoms with Crippen LogP contribution in [0.25, 0.3) is 22.2 Å². The fourth-order valence-electron chi connectivity index (χ4n) is 3.19. The van der Waals surface area contributed by atoms with Crippen molar-refractivity contribution in [2.45, 2.75) is 6.92 Å². The molecule has 150 valence electrons. The zero-order chi connectivity index (χ0) is 21.1. The predicted octanol–water partition coefficient (Wildman–Crippen LogP) is 4.88. The van der Waals surface area contributed by atoms with Crippen LogP contribution in [-0.2, 0) is 0 Å². The first-order chi connectivity index (χ1) is 14.6. The van der Waals surface area contributed by atoms with Crippen molar-refractivity contribution in [3.05, 3.63) is 92.7 Å². The van der Waals surface area contributed by atoms with E-state index >= 15 is 0 Å². The molecule has 0 amide bonds. The van der Waals surface area contributed by atoms with Gasteiger partial charge in [-0.25, -0.2) is 4.68 Å². The second-order valence-electron chi connectivity index (χ2n) is 6.60. The first kappa shape index (κ1) is 19.5. The van der Waals surface area contributed by atoms with E-state index in [9.17, 15) is 10.1 Å². The molecule has 1 N–H and O–H groups in total. The lowest BCUT2D eigenvalue weighted by Crippen LogP contribution is -2.12. The summed E-state index contributed by atoms with van der Waals surface area (Å²) < 4.78 is 1.76. The Hall–Kier alpha value is -3.78. The Bertz CT molecular complexity index is 1330. The number of thiazole rings is 1. The van der Waals surface area contributed by atoms with Crippen molar-refractivity contribution in [3.8, 4) is 11.3 Å². The van der Waals surface area contributed by atoms with Gasteiger partial charge in [0.1, 0.15) is 0 Å². The minimum Gasteiger partial charge on any atom is -0.358 e. The molecular weight excluding hydrogens is 398 g/mol. The molecule has 4 rings (SSSR count). The summed E-state index contributed by atoms with van der Waals surface area (Å²) in [4.78, 5) is 19.2. The summed E-state index contributed by atoms with van der Waals surface area (Å²) in [6.07, 6.45) is 3.55. The number of nitro groups is 1. The number of para-hydroxylation sites is 1. The van der Waals surface area contributed by atoms with E-state index in [1.165, 1.54) is 23.5 Å². The molecule has 0 aliphatic heterocycles. The van der Waals surface area contributed by atoms with E-state index in [4.69, 9.17) is 5.10 Å². The standard InChI is InChI=1S/C22H19N5O2S/c1-3-12-23-22-26(21(14-30-22)16-8-10-17(11-9-16)27(28)29)24-13-19-15(2)25-20-7-5-4-6-18(19)20/h3-11,13-14,25H,1,12H2,2H3. The van der Waals surface area contributed by atoms with Crippen molar-refractivity contribution in [2.75, 3.05) is 6.54 Å². The summed E-state index contributed by atoms with van der Waals surface area (Å²) in [5.74, 6) is 0. The van der Waals surface area contributed by atoms with Gasteiger partial charge in [-0.3, -0.25) is 15.1 Å². The highest BCUT2D eigenvalue weighted by Crippen LogP contribution is 2.24. The Labute approximate surface area is 176 Å². The van der Waals surface area contributed by atoms with Gasteiger partial charge in [0.15, 0.2) is 0 Å². The second kappa shape index (κ2) is 8.30. The fraction of sp³-hybridized carbons (Fsp3) is 0.0909. The van der Waals surface area contributed by atoms with Crippen LogP contribution in [0.1, 0.15) is 11.3 Å². The molecule has 0 saturated heterocycles. The minimum absolute atomic E-state index is 0.0509. The number of nitrogens with one attached hydrogen (secondary N) is 1. The molecular formula is C22H19N5O2S. The largest absolute Gasteiger partial charge is 0.358 e. The summed E-state index contributed by atoms with van der Waals surface area (Å²) in [6.45, 7) is 6.21. The maximum atomic E-state index is 11.0. The van der Waals surface area contributed by atoms with Crippen LogP contribution in [0.3, 0.4) is 0 Å². The monoisotopic (exact) mass is 417 g/mol. The van der Waals surface area contributed by atoms with Gasteiger partial charge in [-0.05, 0) is 25.1 Å². The maximum absolute atomic E-state index is 11.0. The predicted molar refractivity (Wildman–Crippen MR) is 121 cm³/mol. The highest BCUT2D eigenvalue weighted by molar-refractivity contribution is 7.07. The lowest BCUT2D eigenvalue weighted by Gasteiger charge is -2.03. The van der Waals surface area contributed by atoms with Crippen LogP contribution in [0.5, 0.6) is 0 Å². The Morgan fingerprint density at radius 3 is 2.73 bits per heavy atom. The van der Waals surface area contributed by atoms with Gasteiger partial charge in [0.25, 0.3) is 5.69 Å². The van der Waals surface area contributed by atoms with Crippen molar-refractivity contribution >= 4 is 34.1 Å².